The van der Waals surface area contributed by atoms with Crippen LogP contribution in [0.2, 0.25) is 5.15 Å². The summed E-state index contributed by atoms with van der Waals surface area (Å²) in [6, 6.07) is 3.75. The van der Waals surface area contributed by atoms with Crippen LogP contribution in [0, 0.1) is 0 Å². The molecule has 100 valence electrons. The van der Waals surface area contributed by atoms with Gasteiger partial charge >= 0.3 is 0 Å². The zero-order valence-electron chi connectivity index (χ0n) is 10.7. The lowest BCUT2D eigenvalue weighted by molar-refractivity contribution is 0.0250. The Labute approximate surface area is 114 Å². The second-order valence-corrected chi connectivity index (χ2v) is 5.62. The molecule has 2 N–H and O–H groups in total. The molecular weight excluding hydrogens is 248 g/mol. The number of aliphatic hydroxyl groups is 1. The molecule has 1 aliphatic rings. The fourth-order valence-electron chi connectivity index (χ4n) is 2.51. The maximum Gasteiger partial charge on any atom is 0.129 e. The summed E-state index contributed by atoms with van der Waals surface area (Å²) in [7, 11) is 0. The van der Waals surface area contributed by atoms with Crippen LogP contribution in [0.5, 0.6) is 0 Å². The minimum Gasteiger partial charge on any atom is -0.389 e. The quantitative estimate of drug-likeness (QED) is 0.652. The molecule has 0 bridgehead atoms. The zero-order chi connectivity index (χ0) is 12.8. The van der Waals surface area contributed by atoms with E-state index in [1.165, 1.54) is 12.8 Å². The van der Waals surface area contributed by atoms with Crippen LogP contribution in [0.3, 0.4) is 0 Å². The molecule has 1 fully saturated rings. The lowest BCUT2D eigenvalue weighted by Crippen LogP contribution is -2.39. The summed E-state index contributed by atoms with van der Waals surface area (Å²) in [4.78, 5) is 4.04. The van der Waals surface area contributed by atoms with Crippen LogP contribution in [-0.2, 0) is 6.54 Å². The highest BCUT2D eigenvalue weighted by Gasteiger charge is 2.27. The number of hydrogen-bond acceptors (Lipinski definition) is 3. The van der Waals surface area contributed by atoms with Gasteiger partial charge in [-0.25, -0.2) is 4.98 Å². The first kappa shape index (κ1) is 13.8. The van der Waals surface area contributed by atoms with E-state index < -0.39 is 5.60 Å². The smallest absolute Gasteiger partial charge is 0.129 e. The van der Waals surface area contributed by atoms with Crippen LogP contribution in [-0.4, -0.2) is 22.2 Å². The number of rotatable bonds is 4. The van der Waals surface area contributed by atoms with Gasteiger partial charge in [-0.05, 0) is 24.5 Å². The summed E-state index contributed by atoms with van der Waals surface area (Å²) in [5.41, 5.74) is 0.577. The highest BCUT2D eigenvalue weighted by atomic mass is 35.5. The molecule has 1 aromatic rings. The molecule has 18 heavy (non-hydrogen) atoms. The third-order valence-electron chi connectivity index (χ3n) is 3.61. The molecule has 0 atom stereocenters. The Morgan fingerprint density at radius 1 is 1.22 bits per heavy atom. The van der Waals surface area contributed by atoms with E-state index in [9.17, 15) is 5.11 Å². The molecule has 1 heterocycles. The van der Waals surface area contributed by atoms with Crippen molar-refractivity contribution >= 4 is 11.6 Å². The van der Waals surface area contributed by atoms with Crippen molar-refractivity contribution in [3.05, 3.63) is 29.0 Å². The first-order valence-corrected chi connectivity index (χ1v) is 7.09. The Morgan fingerprint density at radius 2 is 1.94 bits per heavy atom. The van der Waals surface area contributed by atoms with Crippen LogP contribution in [0.4, 0.5) is 0 Å². The maximum atomic E-state index is 10.5. The number of hydrogen-bond donors (Lipinski definition) is 2. The van der Waals surface area contributed by atoms with Gasteiger partial charge in [0, 0.05) is 19.3 Å². The molecule has 0 aliphatic heterocycles. The largest absolute Gasteiger partial charge is 0.389 e. The van der Waals surface area contributed by atoms with Gasteiger partial charge in [0.15, 0.2) is 0 Å². The molecule has 0 amide bonds. The summed E-state index contributed by atoms with van der Waals surface area (Å²) in [6.45, 7) is 1.39. The predicted molar refractivity (Wildman–Crippen MR) is 73.6 cm³/mol. The van der Waals surface area contributed by atoms with Gasteiger partial charge in [0.05, 0.1) is 5.60 Å². The minimum atomic E-state index is -0.518. The van der Waals surface area contributed by atoms with Gasteiger partial charge in [-0.1, -0.05) is 43.4 Å². The first-order valence-electron chi connectivity index (χ1n) is 6.72. The van der Waals surface area contributed by atoms with E-state index in [1.54, 1.807) is 12.3 Å². The molecule has 1 aliphatic carbocycles. The van der Waals surface area contributed by atoms with Gasteiger partial charge in [-0.3, -0.25) is 0 Å². The van der Waals surface area contributed by atoms with E-state index in [1.807, 2.05) is 6.07 Å². The van der Waals surface area contributed by atoms with E-state index in [2.05, 4.69) is 10.3 Å². The van der Waals surface area contributed by atoms with Gasteiger partial charge < -0.3 is 10.4 Å². The van der Waals surface area contributed by atoms with Gasteiger partial charge in [-0.15, -0.1) is 0 Å². The van der Waals surface area contributed by atoms with Crippen LogP contribution < -0.4 is 5.32 Å². The van der Waals surface area contributed by atoms with Crippen molar-refractivity contribution in [3.8, 4) is 0 Å². The maximum absolute atomic E-state index is 10.5. The molecule has 0 saturated heterocycles. The SMILES string of the molecule is OC1(CNCc2ccc(Cl)nc2)CCCCCC1. The highest BCUT2D eigenvalue weighted by molar-refractivity contribution is 6.29. The molecule has 4 heteroatoms. The third-order valence-corrected chi connectivity index (χ3v) is 3.83. The van der Waals surface area contributed by atoms with Gasteiger partial charge in [0.2, 0.25) is 0 Å². The topological polar surface area (TPSA) is 45.1 Å². The summed E-state index contributed by atoms with van der Waals surface area (Å²) in [6.07, 6.45) is 8.39. The van der Waals surface area contributed by atoms with Gasteiger partial charge in [0.1, 0.15) is 5.15 Å². The Morgan fingerprint density at radius 3 is 2.56 bits per heavy atom. The Kier molecular flexibility index (Phi) is 4.98. The van der Waals surface area contributed by atoms with Crippen molar-refractivity contribution in [3.63, 3.8) is 0 Å². The fourth-order valence-corrected chi connectivity index (χ4v) is 2.63. The van der Waals surface area contributed by atoms with Crippen LogP contribution in [0.25, 0.3) is 0 Å². The molecule has 3 nitrogen and oxygen atoms in total. The Bertz CT molecular complexity index is 359. The first-order chi connectivity index (χ1) is 8.68. The molecule has 0 aromatic carbocycles. The van der Waals surface area contributed by atoms with Crippen molar-refractivity contribution in [2.45, 2.75) is 50.7 Å². The van der Waals surface area contributed by atoms with Gasteiger partial charge in [0.25, 0.3) is 0 Å². The van der Waals surface area contributed by atoms with Crippen molar-refractivity contribution in [1.82, 2.24) is 10.3 Å². The summed E-state index contributed by atoms with van der Waals surface area (Å²) >= 11 is 5.74. The van der Waals surface area contributed by atoms with E-state index in [0.717, 1.165) is 37.8 Å². The predicted octanol–water partition coefficient (Wildman–Crippen LogP) is 2.91. The number of aromatic nitrogens is 1. The minimum absolute atomic E-state index is 0.515. The van der Waals surface area contributed by atoms with Crippen molar-refractivity contribution in [2.24, 2.45) is 0 Å². The van der Waals surface area contributed by atoms with E-state index in [0.29, 0.717) is 11.7 Å². The molecule has 1 saturated carbocycles. The van der Waals surface area contributed by atoms with Crippen LogP contribution in [0.15, 0.2) is 18.3 Å². The molecule has 0 radical (unpaired) electrons. The van der Waals surface area contributed by atoms with E-state index in [-0.39, 0.29) is 0 Å². The van der Waals surface area contributed by atoms with Crippen molar-refractivity contribution in [1.29, 1.82) is 0 Å². The molecule has 0 spiro atoms. The normalized spacial score (nSPS) is 19.4. The lowest BCUT2D eigenvalue weighted by atomic mass is 9.94. The second-order valence-electron chi connectivity index (χ2n) is 5.23. The molecule has 0 unspecified atom stereocenters. The number of pyridine rings is 1. The Hall–Kier alpha value is -0.640. The monoisotopic (exact) mass is 268 g/mol. The molecule has 1 aromatic heterocycles. The highest BCUT2D eigenvalue weighted by Crippen LogP contribution is 2.26. The zero-order valence-corrected chi connectivity index (χ0v) is 11.4. The van der Waals surface area contributed by atoms with Crippen molar-refractivity contribution < 1.29 is 5.11 Å². The van der Waals surface area contributed by atoms with E-state index >= 15 is 0 Å². The van der Waals surface area contributed by atoms with Crippen LogP contribution >= 0.6 is 11.6 Å². The van der Waals surface area contributed by atoms with E-state index in [4.69, 9.17) is 11.6 Å². The molecule has 2 rings (SSSR count). The average Bonchev–Trinajstić information content (AvgIpc) is 2.57. The van der Waals surface area contributed by atoms with Crippen molar-refractivity contribution in [2.75, 3.05) is 6.54 Å². The summed E-state index contributed by atoms with van der Waals surface area (Å²) in [5.74, 6) is 0. The number of nitrogens with zero attached hydrogens (tertiary/aromatic N) is 1. The van der Waals surface area contributed by atoms with Crippen LogP contribution in [0.1, 0.15) is 44.1 Å². The summed E-state index contributed by atoms with van der Waals surface area (Å²) < 4.78 is 0. The Balaban J connectivity index is 1.78. The fraction of sp³-hybridized carbons (Fsp3) is 0.643. The number of halogens is 1. The standard InChI is InChI=1S/C14H21ClN2O/c15-13-6-5-12(10-17-13)9-16-11-14(18)7-3-1-2-4-8-14/h5-6,10,16,18H,1-4,7-9,11H2. The molecular formula is C14H21ClN2O. The lowest BCUT2D eigenvalue weighted by Gasteiger charge is -2.27. The van der Waals surface area contributed by atoms with Gasteiger partial charge in [-0.2, -0.15) is 0 Å². The second kappa shape index (κ2) is 6.50. The number of nitrogens with one attached hydrogen (secondary N) is 1. The average molecular weight is 269 g/mol. The third kappa shape index (κ3) is 4.23. The summed E-state index contributed by atoms with van der Waals surface area (Å²) in [5, 5.41) is 14.3.